The van der Waals surface area contributed by atoms with E-state index in [1.165, 1.54) is 12.1 Å². The van der Waals surface area contributed by atoms with Crippen LogP contribution < -0.4 is 0 Å². The van der Waals surface area contributed by atoms with Crippen LogP contribution >= 0.6 is 0 Å². The standard InChI is InChI=1S/C13H13NO6/c15-6-10(17)11(18)9(16)5-14-12(19)7-3-1-2-4-8(7)13(14)20/h1-4,9,11,15-16,18H,5-6H2/t9-,11-/m0/s1. The summed E-state index contributed by atoms with van der Waals surface area (Å²) < 4.78 is 0. The van der Waals surface area contributed by atoms with Crippen LogP contribution in [0.2, 0.25) is 0 Å². The van der Waals surface area contributed by atoms with E-state index in [9.17, 15) is 24.6 Å². The molecule has 2 atom stereocenters. The average molecular weight is 279 g/mol. The smallest absolute Gasteiger partial charge is 0.261 e. The number of aliphatic hydroxyl groups is 3. The fraction of sp³-hybridized carbons (Fsp3) is 0.308. The fourth-order valence-electron chi connectivity index (χ4n) is 2.00. The van der Waals surface area contributed by atoms with Crippen LogP contribution in [0.1, 0.15) is 20.7 Å². The zero-order valence-electron chi connectivity index (χ0n) is 10.4. The highest BCUT2D eigenvalue weighted by Gasteiger charge is 2.38. The van der Waals surface area contributed by atoms with Crippen LogP contribution in [0.25, 0.3) is 0 Å². The quantitative estimate of drug-likeness (QED) is 0.569. The molecule has 1 heterocycles. The van der Waals surface area contributed by atoms with Crippen molar-refractivity contribution in [3.05, 3.63) is 35.4 Å². The molecule has 0 fully saturated rings. The number of imide groups is 1. The molecule has 1 aromatic carbocycles. The number of fused-ring (bicyclic) bond motifs is 1. The zero-order chi connectivity index (χ0) is 14.9. The number of hydrogen-bond donors (Lipinski definition) is 3. The van der Waals surface area contributed by atoms with Crippen LogP contribution in [-0.4, -0.2) is 63.2 Å². The van der Waals surface area contributed by atoms with Gasteiger partial charge in [0.15, 0.2) is 5.78 Å². The maximum atomic E-state index is 12.0. The largest absolute Gasteiger partial charge is 0.388 e. The third kappa shape index (κ3) is 2.34. The van der Waals surface area contributed by atoms with Gasteiger partial charge in [-0.05, 0) is 12.1 Å². The molecule has 7 heteroatoms. The van der Waals surface area contributed by atoms with Gasteiger partial charge in [0.1, 0.15) is 18.8 Å². The molecule has 0 spiro atoms. The molecule has 0 saturated carbocycles. The number of Topliss-reactive ketones (excluding diaryl/α,β-unsaturated/α-hetero) is 1. The second-order valence-electron chi connectivity index (χ2n) is 4.40. The zero-order valence-corrected chi connectivity index (χ0v) is 10.4. The lowest BCUT2D eigenvalue weighted by Gasteiger charge is -2.21. The Morgan fingerprint density at radius 3 is 2.05 bits per heavy atom. The molecule has 106 valence electrons. The van der Waals surface area contributed by atoms with Crippen molar-refractivity contribution < 1.29 is 29.7 Å². The maximum absolute atomic E-state index is 12.0. The van der Waals surface area contributed by atoms with Crippen molar-refractivity contribution in [1.29, 1.82) is 0 Å². The topological polar surface area (TPSA) is 115 Å². The van der Waals surface area contributed by atoms with Gasteiger partial charge in [-0.15, -0.1) is 0 Å². The highest BCUT2D eigenvalue weighted by Crippen LogP contribution is 2.22. The van der Waals surface area contributed by atoms with Crippen molar-refractivity contribution in [1.82, 2.24) is 4.90 Å². The Hall–Kier alpha value is -2.09. The van der Waals surface area contributed by atoms with Crippen molar-refractivity contribution in [3.63, 3.8) is 0 Å². The molecule has 1 aromatic rings. The molecule has 2 rings (SSSR count). The summed E-state index contributed by atoms with van der Waals surface area (Å²) in [7, 11) is 0. The third-order valence-corrected chi connectivity index (χ3v) is 3.10. The Bertz CT molecular complexity index is 535. The van der Waals surface area contributed by atoms with E-state index in [-0.39, 0.29) is 11.1 Å². The summed E-state index contributed by atoms with van der Waals surface area (Å²) in [5, 5.41) is 27.7. The van der Waals surface area contributed by atoms with E-state index in [2.05, 4.69) is 0 Å². The van der Waals surface area contributed by atoms with Gasteiger partial charge in [0, 0.05) is 0 Å². The Morgan fingerprint density at radius 2 is 1.60 bits per heavy atom. The first kappa shape index (κ1) is 14.3. The minimum absolute atomic E-state index is 0.215. The first-order valence-corrected chi connectivity index (χ1v) is 5.92. The lowest BCUT2D eigenvalue weighted by molar-refractivity contribution is -0.136. The van der Waals surface area contributed by atoms with Crippen molar-refractivity contribution in [2.24, 2.45) is 0 Å². The molecule has 1 aliphatic heterocycles. The van der Waals surface area contributed by atoms with Crippen molar-refractivity contribution in [3.8, 4) is 0 Å². The van der Waals surface area contributed by atoms with E-state index in [1.54, 1.807) is 12.1 Å². The van der Waals surface area contributed by atoms with Crippen molar-refractivity contribution >= 4 is 17.6 Å². The van der Waals surface area contributed by atoms with Gasteiger partial charge in [0.25, 0.3) is 11.8 Å². The van der Waals surface area contributed by atoms with E-state index in [1.807, 2.05) is 0 Å². The first-order valence-electron chi connectivity index (χ1n) is 5.92. The van der Waals surface area contributed by atoms with Crippen LogP contribution in [0, 0.1) is 0 Å². The molecule has 1 aliphatic rings. The summed E-state index contributed by atoms with van der Waals surface area (Å²) in [5.74, 6) is -2.16. The summed E-state index contributed by atoms with van der Waals surface area (Å²) in [4.78, 5) is 35.8. The minimum Gasteiger partial charge on any atom is -0.388 e. The third-order valence-electron chi connectivity index (χ3n) is 3.10. The Morgan fingerprint density at radius 1 is 1.10 bits per heavy atom. The number of β-amino-alcohol motifs (C(OH)–C–C–N with tert-alkyl or cyclic N) is 1. The molecule has 0 aliphatic carbocycles. The number of nitrogens with zero attached hydrogens (tertiary/aromatic N) is 1. The molecule has 0 saturated heterocycles. The molecule has 20 heavy (non-hydrogen) atoms. The van der Waals surface area contributed by atoms with Crippen LogP contribution in [0.3, 0.4) is 0 Å². The second kappa shape index (κ2) is 5.49. The van der Waals surface area contributed by atoms with E-state index in [4.69, 9.17) is 5.11 Å². The van der Waals surface area contributed by atoms with Crippen LogP contribution in [0.5, 0.6) is 0 Å². The van der Waals surface area contributed by atoms with Gasteiger partial charge >= 0.3 is 0 Å². The number of carbonyl (C=O) groups excluding carboxylic acids is 3. The van der Waals surface area contributed by atoms with Gasteiger partial charge in [-0.3, -0.25) is 19.3 Å². The number of hydrogen-bond acceptors (Lipinski definition) is 6. The van der Waals surface area contributed by atoms with Crippen LogP contribution in [0.15, 0.2) is 24.3 Å². The van der Waals surface area contributed by atoms with Gasteiger partial charge in [0.05, 0.1) is 17.7 Å². The van der Waals surface area contributed by atoms with E-state index >= 15 is 0 Å². The molecular weight excluding hydrogens is 266 g/mol. The molecule has 0 aromatic heterocycles. The monoisotopic (exact) mass is 279 g/mol. The molecule has 0 radical (unpaired) electrons. The number of aliphatic hydroxyl groups excluding tert-OH is 3. The minimum atomic E-state index is -1.84. The number of benzene rings is 1. The van der Waals surface area contributed by atoms with Gasteiger partial charge in [-0.25, -0.2) is 0 Å². The maximum Gasteiger partial charge on any atom is 0.261 e. The van der Waals surface area contributed by atoms with Crippen molar-refractivity contribution in [2.75, 3.05) is 13.2 Å². The molecular formula is C13H13NO6. The summed E-state index contributed by atoms with van der Waals surface area (Å²) >= 11 is 0. The Balaban J connectivity index is 2.15. The summed E-state index contributed by atoms with van der Waals surface area (Å²) in [6.07, 6.45) is -3.49. The molecule has 2 amide bonds. The first-order chi connectivity index (χ1) is 9.47. The van der Waals surface area contributed by atoms with E-state index in [0.29, 0.717) is 0 Å². The van der Waals surface area contributed by atoms with E-state index < -0.39 is 43.0 Å². The lowest BCUT2D eigenvalue weighted by Crippen LogP contribution is -2.45. The SMILES string of the molecule is O=C(CO)[C@@H](O)[C@@H](O)CN1C(=O)c2ccccc2C1=O. The van der Waals surface area contributed by atoms with Gasteiger partial charge < -0.3 is 15.3 Å². The summed E-state index contributed by atoms with van der Waals surface area (Å²) in [6, 6.07) is 6.18. The molecule has 7 nitrogen and oxygen atoms in total. The van der Waals surface area contributed by atoms with Crippen LogP contribution in [-0.2, 0) is 4.79 Å². The Kier molecular flexibility index (Phi) is 3.93. The van der Waals surface area contributed by atoms with Gasteiger partial charge in [0.2, 0.25) is 0 Å². The second-order valence-corrected chi connectivity index (χ2v) is 4.40. The molecule has 0 bridgehead atoms. The summed E-state index contributed by atoms with van der Waals surface area (Å²) in [6.45, 7) is -1.44. The molecule has 0 unspecified atom stereocenters. The highest BCUT2D eigenvalue weighted by atomic mass is 16.3. The molecule has 3 N–H and O–H groups in total. The number of rotatable bonds is 5. The number of ketones is 1. The summed E-state index contributed by atoms with van der Waals surface area (Å²) in [5.41, 5.74) is 0.431. The lowest BCUT2D eigenvalue weighted by atomic mass is 10.1. The average Bonchev–Trinajstić information content (AvgIpc) is 2.71. The van der Waals surface area contributed by atoms with Gasteiger partial charge in [-0.1, -0.05) is 12.1 Å². The normalized spacial score (nSPS) is 17.1. The van der Waals surface area contributed by atoms with Gasteiger partial charge in [-0.2, -0.15) is 0 Å². The van der Waals surface area contributed by atoms with Crippen LogP contribution in [0.4, 0.5) is 0 Å². The van der Waals surface area contributed by atoms with E-state index in [0.717, 1.165) is 4.90 Å². The fourth-order valence-corrected chi connectivity index (χ4v) is 2.00. The predicted molar refractivity (Wildman–Crippen MR) is 65.9 cm³/mol. The Labute approximate surface area is 114 Å². The van der Waals surface area contributed by atoms with Crippen molar-refractivity contribution in [2.45, 2.75) is 12.2 Å². The highest BCUT2D eigenvalue weighted by molar-refractivity contribution is 6.21. The number of carbonyl (C=O) groups is 3. The number of amides is 2. The predicted octanol–water partition coefficient (Wildman–Crippen LogP) is -1.43.